The normalized spacial score (nSPS) is 12.4. The van der Waals surface area contributed by atoms with Crippen molar-refractivity contribution in [1.29, 1.82) is 0 Å². The van der Waals surface area contributed by atoms with E-state index in [0.29, 0.717) is 16.5 Å². The van der Waals surface area contributed by atoms with Crippen LogP contribution in [0.3, 0.4) is 0 Å². The highest BCUT2D eigenvalue weighted by Gasteiger charge is 2.13. The quantitative estimate of drug-likeness (QED) is 0.695. The second-order valence-electron chi connectivity index (χ2n) is 4.52. The van der Waals surface area contributed by atoms with Crippen LogP contribution in [0.15, 0.2) is 29.4 Å². The Morgan fingerprint density at radius 3 is 2.40 bits per heavy atom. The molecule has 0 radical (unpaired) electrons. The lowest BCUT2D eigenvalue weighted by Gasteiger charge is -2.12. The monoisotopic (exact) mass is 295 g/mol. The summed E-state index contributed by atoms with van der Waals surface area (Å²) < 4.78 is 26.4. The Morgan fingerprint density at radius 2 is 1.80 bits per heavy atom. The van der Waals surface area contributed by atoms with Gasteiger partial charge in [0.05, 0.1) is 0 Å². The van der Waals surface area contributed by atoms with E-state index in [1.54, 1.807) is 0 Å². The van der Waals surface area contributed by atoms with E-state index in [0.717, 1.165) is 17.5 Å². The van der Waals surface area contributed by atoms with Crippen molar-refractivity contribution < 1.29 is 8.78 Å². The standard InChI is InChI=1S/C14H15F2N3S/c1-8-5-9(2)19-14(18-8)20-7-13(17)11-4-3-10(15)6-12(11)16/h3-6,13H,7,17H2,1-2H3. The number of benzene rings is 1. The minimum absolute atomic E-state index is 0.295. The van der Waals surface area contributed by atoms with Gasteiger partial charge >= 0.3 is 0 Å². The van der Waals surface area contributed by atoms with E-state index in [9.17, 15) is 8.78 Å². The number of aromatic nitrogens is 2. The smallest absolute Gasteiger partial charge is 0.188 e. The Hall–Kier alpha value is -1.53. The Morgan fingerprint density at radius 1 is 1.15 bits per heavy atom. The van der Waals surface area contributed by atoms with Crippen LogP contribution in [0.5, 0.6) is 0 Å². The summed E-state index contributed by atoms with van der Waals surface area (Å²) in [7, 11) is 0. The summed E-state index contributed by atoms with van der Waals surface area (Å²) in [5, 5.41) is 0.612. The highest BCUT2D eigenvalue weighted by atomic mass is 32.2. The molecule has 0 bridgehead atoms. The van der Waals surface area contributed by atoms with Crippen molar-refractivity contribution in [1.82, 2.24) is 9.97 Å². The first-order chi connectivity index (χ1) is 9.45. The lowest BCUT2D eigenvalue weighted by atomic mass is 10.1. The van der Waals surface area contributed by atoms with E-state index in [1.165, 1.54) is 23.9 Å². The van der Waals surface area contributed by atoms with Gasteiger partial charge in [0.2, 0.25) is 0 Å². The van der Waals surface area contributed by atoms with Gasteiger partial charge < -0.3 is 5.73 Å². The molecule has 0 aliphatic heterocycles. The van der Waals surface area contributed by atoms with Gasteiger partial charge in [-0.05, 0) is 26.0 Å². The topological polar surface area (TPSA) is 51.8 Å². The summed E-state index contributed by atoms with van der Waals surface area (Å²) in [4.78, 5) is 8.56. The van der Waals surface area contributed by atoms with Crippen molar-refractivity contribution in [3.8, 4) is 0 Å². The molecule has 1 aromatic carbocycles. The summed E-state index contributed by atoms with van der Waals surface area (Å²) in [6.45, 7) is 3.77. The number of rotatable bonds is 4. The van der Waals surface area contributed by atoms with Crippen LogP contribution in [0.2, 0.25) is 0 Å². The molecule has 1 heterocycles. The van der Waals surface area contributed by atoms with Crippen molar-refractivity contribution in [3.05, 3.63) is 52.9 Å². The van der Waals surface area contributed by atoms with Gasteiger partial charge in [0.1, 0.15) is 11.6 Å². The summed E-state index contributed by atoms with van der Waals surface area (Å²) >= 11 is 1.36. The fraction of sp³-hybridized carbons (Fsp3) is 0.286. The van der Waals surface area contributed by atoms with Gasteiger partial charge in [-0.2, -0.15) is 0 Å². The first-order valence-corrected chi connectivity index (χ1v) is 7.10. The number of nitrogens with zero attached hydrogens (tertiary/aromatic N) is 2. The predicted molar refractivity (Wildman–Crippen MR) is 75.5 cm³/mol. The zero-order valence-electron chi connectivity index (χ0n) is 11.2. The first kappa shape index (κ1) is 14.9. The molecule has 1 unspecified atom stereocenters. The zero-order chi connectivity index (χ0) is 14.7. The van der Waals surface area contributed by atoms with Crippen molar-refractivity contribution in [2.45, 2.75) is 25.0 Å². The second kappa shape index (κ2) is 6.28. The molecule has 0 saturated carbocycles. The molecule has 106 valence electrons. The molecular formula is C14H15F2N3S. The molecule has 0 spiro atoms. The molecule has 1 atom stereocenters. The molecule has 0 fully saturated rings. The molecule has 2 rings (SSSR count). The lowest BCUT2D eigenvalue weighted by molar-refractivity contribution is 0.563. The summed E-state index contributed by atoms with van der Waals surface area (Å²) in [6, 6.07) is 4.76. The molecular weight excluding hydrogens is 280 g/mol. The van der Waals surface area contributed by atoms with Gasteiger partial charge in [-0.1, -0.05) is 17.8 Å². The molecule has 0 aliphatic rings. The third-order valence-corrected chi connectivity index (χ3v) is 3.68. The van der Waals surface area contributed by atoms with Crippen molar-refractivity contribution in [3.63, 3.8) is 0 Å². The fourth-order valence-corrected chi connectivity index (χ4v) is 2.74. The number of aryl methyl sites for hydroxylation is 2. The zero-order valence-corrected chi connectivity index (χ0v) is 12.0. The SMILES string of the molecule is Cc1cc(C)nc(SCC(N)c2ccc(F)cc2F)n1. The number of hydrogen-bond acceptors (Lipinski definition) is 4. The van der Waals surface area contributed by atoms with Gasteiger partial charge in [-0.15, -0.1) is 0 Å². The van der Waals surface area contributed by atoms with E-state index in [1.807, 2.05) is 19.9 Å². The van der Waals surface area contributed by atoms with Crippen LogP contribution in [0.4, 0.5) is 8.78 Å². The molecule has 0 saturated heterocycles. The van der Waals surface area contributed by atoms with E-state index in [2.05, 4.69) is 9.97 Å². The van der Waals surface area contributed by atoms with E-state index in [-0.39, 0.29) is 0 Å². The molecule has 2 N–H and O–H groups in total. The third-order valence-electron chi connectivity index (χ3n) is 2.72. The van der Waals surface area contributed by atoms with E-state index < -0.39 is 17.7 Å². The van der Waals surface area contributed by atoms with Crippen LogP contribution in [-0.2, 0) is 0 Å². The Labute approximate surface area is 120 Å². The van der Waals surface area contributed by atoms with Gasteiger partial charge in [0.15, 0.2) is 5.16 Å². The fourth-order valence-electron chi connectivity index (χ4n) is 1.81. The second-order valence-corrected chi connectivity index (χ2v) is 5.50. The van der Waals surface area contributed by atoms with Crippen LogP contribution in [0, 0.1) is 25.5 Å². The Kier molecular flexibility index (Phi) is 4.67. The summed E-state index contributed by atoms with van der Waals surface area (Å²) in [6.07, 6.45) is 0. The lowest BCUT2D eigenvalue weighted by Crippen LogP contribution is -2.15. The minimum atomic E-state index is -0.626. The number of halogens is 2. The highest BCUT2D eigenvalue weighted by molar-refractivity contribution is 7.99. The number of hydrogen-bond donors (Lipinski definition) is 1. The Balaban J connectivity index is 2.06. The minimum Gasteiger partial charge on any atom is -0.323 e. The van der Waals surface area contributed by atoms with Crippen LogP contribution in [0.1, 0.15) is 23.0 Å². The van der Waals surface area contributed by atoms with Crippen LogP contribution in [0.25, 0.3) is 0 Å². The molecule has 2 aromatic rings. The average Bonchev–Trinajstić information content (AvgIpc) is 2.35. The van der Waals surface area contributed by atoms with Crippen LogP contribution in [-0.4, -0.2) is 15.7 Å². The molecule has 20 heavy (non-hydrogen) atoms. The molecule has 1 aromatic heterocycles. The van der Waals surface area contributed by atoms with Crippen molar-refractivity contribution in [2.24, 2.45) is 5.73 Å². The van der Waals surface area contributed by atoms with Gasteiger partial charge in [0, 0.05) is 34.8 Å². The molecule has 0 aliphatic carbocycles. The third kappa shape index (κ3) is 3.74. The molecule has 6 heteroatoms. The van der Waals surface area contributed by atoms with Gasteiger partial charge in [0.25, 0.3) is 0 Å². The van der Waals surface area contributed by atoms with Crippen LogP contribution < -0.4 is 5.73 Å². The predicted octanol–water partition coefficient (Wildman–Crippen LogP) is 3.16. The molecule has 3 nitrogen and oxygen atoms in total. The van der Waals surface area contributed by atoms with E-state index in [4.69, 9.17) is 5.73 Å². The largest absolute Gasteiger partial charge is 0.323 e. The van der Waals surface area contributed by atoms with Crippen molar-refractivity contribution in [2.75, 3.05) is 5.75 Å². The maximum atomic E-state index is 13.6. The van der Waals surface area contributed by atoms with E-state index >= 15 is 0 Å². The summed E-state index contributed by atoms with van der Waals surface area (Å²) in [5.41, 5.74) is 7.98. The first-order valence-electron chi connectivity index (χ1n) is 6.11. The highest BCUT2D eigenvalue weighted by Crippen LogP contribution is 2.23. The number of nitrogens with two attached hydrogens (primary N) is 1. The Bertz CT molecular complexity index is 599. The average molecular weight is 295 g/mol. The maximum absolute atomic E-state index is 13.6. The summed E-state index contributed by atoms with van der Waals surface area (Å²) in [5.74, 6) is -0.811. The van der Waals surface area contributed by atoms with Gasteiger partial charge in [-0.25, -0.2) is 18.7 Å². The van der Waals surface area contributed by atoms with Crippen molar-refractivity contribution >= 4 is 11.8 Å². The molecule has 0 amide bonds. The van der Waals surface area contributed by atoms with Gasteiger partial charge in [-0.3, -0.25) is 0 Å². The maximum Gasteiger partial charge on any atom is 0.188 e. The van der Waals surface area contributed by atoms with Crippen LogP contribution >= 0.6 is 11.8 Å². The number of thioether (sulfide) groups is 1.